The van der Waals surface area contributed by atoms with Crippen molar-refractivity contribution in [1.29, 1.82) is 0 Å². The quantitative estimate of drug-likeness (QED) is 0.895. The summed E-state index contributed by atoms with van der Waals surface area (Å²) in [6, 6.07) is 8.36. The number of fused-ring (bicyclic) bond motifs is 1. The monoisotopic (exact) mass is 273 g/mol. The van der Waals surface area contributed by atoms with Crippen LogP contribution in [0.25, 0.3) is 0 Å². The molecule has 2 aliphatic heterocycles. The van der Waals surface area contributed by atoms with Gasteiger partial charge < -0.3 is 10.2 Å². The molecule has 1 amide bonds. The molecular formula is C16H23N3O. The Kier molecular flexibility index (Phi) is 3.92. The molecule has 4 heteroatoms. The molecule has 0 aromatic heterocycles. The summed E-state index contributed by atoms with van der Waals surface area (Å²) in [5.41, 5.74) is 1.84. The largest absolute Gasteiger partial charge is 0.388 e. The summed E-state index contributed by atoms with van der Waals surface area (Å²) >= 11 is 0. The standard InChI is InChI=1S/C16H23N3O/c1-17-14-7-5-13(6-8-14)16(20)19-11-3-10-18-9-2-4-15(18)12-19/h5-8,15,17H,2-4,9-12H2,1H3. The van der Waals surface area contributed by atoms with Crippen molar-refractivity contribution >= 4 is 11.6 Å². The summed E-state index contributed by atoms with van der Waals surface area (Å²) in [5, 5.41) is 3.08. The second-order valence-electron chi connectivity index (χ2n) is 5.76. The van der Waals surface area contributed by atoms with E-state index in [0.29, 0.717) is 6.04 Å². The van der Waals surface area contributed by atoms with E-state index in [9.17, 15) is 4.79 Å². The molecule has 20 heavy (non-hydrogen) atoms. The van der Waals surface area contributed by atoms with Gasteiger partial charge in [-0.2, -0.15) is 0 Å². The number of nitrogens with zero attached hydrogens (tertiary/aromatic N) is 2. The molecule has 108 valence electrons. The molecule has 0 saturated carbocycles. The second-order valence-corrected chi connectivity index (χ2v) is 5.76. The van der Waals surface area contributed by atoms with Crippen LogP contribution in [0.15, 0.2) is 24.3 Å². The highest BCUT2D eigenvalue weighted by atomic mass is 16.2. The van der Waals surface area contributed by atoms with Gasteiger partial charge in [0.15, 0.2) is 0 Å². The van der Waals surface area contributed by atoms with Gasteiger partial charge in [-0.1, -0.05) is 0 Å². The number of rotatable bonds is 2. The van der Waals surface area contributed by atoms with Crippen LogP contribution in [0.3, 0.4) is 0 Å². The molecule has 0 radical (unpaired) electrons. The molecule has 1 atom stereocenters. The van der Waals surface area contributed by atoms with Gasteiger partial charge in [-0.15, -0.1) is 0 Å². The van der Waals surface area contributed by atoms with E-state index >= 15 is 0 Å². The molecule has 3 rings (SSSR count). The average Bonchev–Trinajstić information content (AvgIpc) is 2.83. The minimum atomic E-state index is 0.182. The van der Waals surface area contributed by atoms with Crippen LogP contribution in [-0.4, -0.2) is 55.0 Å². The molecule has 2 heterocycles. The molecule has 0 spiro atoms. The maximum atomic E-state index is 12.6. The minimum absolute atomic E-state index is 0.182. The van der Waals surface area contributed by atoms with Gasteiger partial charge in [-0.25, -0.2) is 0 Å². The number of benzene rings is 1. The van der Waals surface area contributed by atoms with Gasteiger partial charge in [-0.3, -0.25) is 9.69 Å². The summed E-state index contributed by atoms with van der Waals surface area (Å²) < 4.78 is 0. The molecule has 1 N–H and O–H groups in total. The third-order valence-electron chi connectivity index (χ3n) is 4.51. The number of nitrogens with one attached hydrogen (secondary N) is 1. The fraction of sp³-hybridized carbons (Fsp3) is 0.562. The van der Waals surface area contributed by atoms with Crippen LogP contribution in [0.5, 0.6) is 0 Å². The van der Waals surface area contributed by atoms with Gasteiger partial charge in [0.05, 0.1) is 0 Å². The van der Waals surface area contributed by atoms with Gasteiger partial charge in [0.1, 0.15) is 0 Å². The molecule has 1 aromatic rings. The lowest BCUT2D eigenvalue weighted by atomic mass is 10.1. The van der Waals surface area contributed by atoms with E-state index in [1.54, 1.807) is 0 Å². The third kappa shape index (κ3) is 2.66. The molecule has 2 aliphatic rings. The topological polar surface area (TPSA) is 35.6 Å². The van der Waals surface area contributed by atoms with Crippen molar-refractivity contribution in [3.05, 3.63) is 29.8 Å². The van der Waals surface area contributed by atoms with E-state index in [4.69, 9.17) is 0 Å². The van der Waals surface area contributed by atoms with Crippen molar-refractivity contribution in [3.63, 3.8) is 0 Å². The van der Waals surface area contributed by atoms with E-state index in [0.717, 1.165) is 37.3 Å². The molecule has 1 aromatic carbocycles. The van der Waals surface area contributed by atoms with Crippen LogP contribution in [0.2, 0.25) is 0 Å². The van der Waals surface area contributed by atoms with Gasteiger partial charge in [-0.05, 0) is 50.1 Å². The normalized spacial score (nSPS) is 23.2. The van der Waals surface area contributed by atoms with E-state index < -0.39 is 0 Å². The van der Waals surface area contributed by atoms with Gasteiger partial charge in [0, 0.05) is 44.0 Å². The lowest BCUT2D eigenvalue weighted by Gasteiger charge is -2.25. The number of hydrogen-bond acceptors (Lipinski definition) is 3. The first kappa shape index (κ1) is 13.4. The molecule has 1 unspecified atom stereocenters. The summed E-state index contributed by atoms with van der Waals surface area (Å²) in [6.07, 6.45) is 3.61. The number of hydrogen-bond donors (Lipinski definition) is 1. The highest BCUT2D eigenvalue weighted by molar-refractivity contribution is 5.94. The maximum Gasteiger partial charge on any atom is 0.253 e. The second kappa shape index (κ2) is 5.83. The Morgan fingerprint density at radius 2 is 1.90 bits per heavy atom. The first-order valence-corrected chi connectivity index (χ1v) is 7.59. The number of anilines is 1. The zero-order valence-corrected chi connectivity index (χ0v) is 12.1. The molecule has 0 aliphatic carbocycles. The van der Waals surface area contributed by atoms with Crippen LogP contribution in [0.4, 0.5) is 5.69 Å². The highest BCUT2D eigenvalue weighted by Gasteiger charge is 2.30. The van der Waals surface area contributed by atoms with Crippen molar-refractivity contribution in [1.82, 2.24) is 9.80 Å². The Labute approximate surface area is 120 Å². The number of carbonyl (C=O) groups is 1. The fourth-order valence-electron chi connectivity index (χ4n) is 3.35. The van der Waals surface area contributed by atoms with Crippen LogP contribution >= 0.6 is 0 Å². The minimum Gasteiger partial charge on any atom is -0.388 e. The summed E-state index contributed by atoms with van der Waals surface area (Å²) in [7, 11) is 1.89. The summed E-state index contributed by atoms with van der Waals surface area (Å²) in [5.74, 6) is 0.182. The first-order chi connectivity index (χ1) is 9.78. The van der Waals surface area contributed by atoms with Gasteiger partial charge >= 0.3 is 0 Å². The predicted octanol–water partition coefficient (Wildman–Crippen LogP) is 2.04. The van der Waals surface area contributed by atoms with Crippen molar-refractivity contribution < 1.29 is 4.79 Å². The van der Waals surface area contributed by atoms with Crippen molar-refractivity contribution in [2.45, 2.75) is 25.3 Å². The van der Waals surface area contributed by atoms with Crippen LogP contribution in [-0.2, 0) is 0 Å². The molecule has 2 saturated heterocycles. The molecule has 2 fully saturated rings. The molecular weight excluding hydrogens is 250 g/mol. The number of amides is 1. The zero-order chi connectivity index (χ0) is 13.9. The molecule has 4 nitrogen and oxygen atoms in total. The van der Waals surface area contributed by atoms with E-state index in [-0.39, 0.29) is 5.91 Å². The lowest BCUT2D eigenvalue weighted by Crippen LogP contribution is -2.39. The van der Waals surface area contributed by atoms with Crippen LogP contribution in [0.1, 0.15) is 29.6 Å². The Morgan fingerprint density at radius 1 is 1.15 bits per heavy atom. The SMILES string of the molecule is CNc1ccc(C(=O)N2CCCN3CCCC3C2)cc1. The Bertz CT molecular complexity index is 471. The smallest absolute Gasteiger partial charge is 0.253 e. The van der Waals surface area contributed by atoms with Crippen LogP contribution in [0, 0.1) is 0 Å². The third-order valence-corrected chi connectivity index (χ3v) is 4.51. The Hall–Kier alpha value is -1.55. The predicted molar refractivity (Wildman–Crippen MR) is 81.1 cm³/mol. The van der Waals surface area contributed by atoms with E-state index in [1.165, 1.54) is 19.4 Å². The first-order valence-electron chi connectivity index (χ1n) is 7.59. The molecule has 0 bridgehead atoms. The maximum absolute atomic E-state index is 12.6. The van der Waals surface area contributed by atoms with E-state index in [2.05, 4.69) is 10.2 Å². The number of carbonyl (C=O) groups excluding carboxylic acids is 1. The van der Waals surface area contributed by atoms with E-state index in [1.807, 2.05) is 36.2 Å². The van der Waals surface area contributed by atoms with Gasteiger partial charge in [0.25, 0.3) is 5.91 Å². The fourth-order valence-corrected chi connectivity index (χ4v) is 3.35. The highest BCUT2D eigenvalue weighted by Crippen LogP contribution is 2.22. The zero-order valence-electron chi connectivity index (χ0n) is 12.1. The van der Waals surface area contributed by atoms with Crippen LogP contribution < -0.4 is 5.32 Å². The Morgan fingerprint density at radius 3 is 2.65 bits per heavy atom. The Balaban J connectivity index is 1.71. The average molecular weight is 273 g/mol. The van der Waals surface area contributed by atoms with Crippen molar-refractivity contribution in [3.8, 4) is 0 Å². The lowest BCUT2D eigenvalue weighted by molar-refractivity contribution is 0.0743. The summed E-state index contributed by atoms with van der Waals surface area (Å²) in [6.45, 7) is 4.14. The summed E-state index contributed by atoms with van der Waals surface area (Å²) in [4.78, 5) is 17.2. The van der Waals surface area contributed by atoms with Crippen molar-refractivity contribution in [2.24, 2.45) is 0 Å². The van der Waals surface area contributed by atoms with Gasteiger partial charge in [0.2, 0.25) is 0 Å². The van der Waals surface area contributed by atoms with Crippen molar-refractivity contribution in [2.75, 3.05) is 38.5 Å².